The molecule has 4 N–H and O–H groups in total. The van der Waals surface area contributed by atoms with Crippen molar-refractivity contribution in [1.82, 2.24) is 5.32 Å². The number of amides is 1. The van der Waals surface area contributed by atoms with Crippen LogP contribution >= 0.6 is 0 Å². The number of nitrogens with zero attached hydrogens (tertiary/aromatic N) is 1. The molecule has 23 heavy (non-hydrogen) atoms. The number of guanidine groups is 1. The third-order valence-corrected chi connectivity index (χ3v) is 2.96. The molecule has 0 bridgehead atoms. The van der Waals surface area contributed by atoms with Gasteiger partial charge in [-0.1, -0.05) is 24.3 Å². The van der Waals surface area contributed by atoms with E-state index >= 15 is 0 Å². The Balaban J connectivity index is 1.88. The molecule has 6 heteroatoms. The SMILES string of the molecule is C=C(C)CNC(N)=NCc1ccc(NC(=O)c2ccco2)cc1. The van der Waals surface area contributed by atoms with Gasteiger partial charge in [0.2, 0.25) is 0 Å². The first-order valence-corrected chi connectivity index (χ1v) is 7.16. The molecule has 0 spiro atoms. The number of hydrogen-bond donors (Lipinski definition) is 3. The number of hydrogen-bond acceptors (Lipinski definition) is 3. The van der Waals surface area contributed by atoms with Crippen LogP contribution in [-0.4, -0.2) is 18.4 Å². The Hall–Kier alpha value is -3.02. The number of carbonyl (C=O) groups is 1. The molecule has 0 fully saturated rings. The lowest BCUT2D eigenvalue weighted by molar-refractivity contribution is 0.0996. The van der Waals surface area contributed by atoms with Gasteiger partial charge >= 0.3 is 0 Å². The summed E-state index contributed by atoms with van der Waals surface area (Å²) < 4.78 is 5.04. The van der Waals surface area contributed by atoms with Gasteiger partial charge in [0.15, 0.2) is 11.7 Å². The van der Waals surface area contributed by atoms with Crippen molar-refractivity contribution >= 4 is 17.6 Å². The fourth-order valence-corrected chi connectivity index (χ4v) is 1.77. The van der Waals surface area contributed by atoms with Gasteiger partial charge in [-0.2, -0.15) is 0 Å². The molecule has 1 aromatic carbocycles. The van der Waals surface area contributed by atoms with Crippen molar-refractivity contribution in [3.05, 3.63) is 66.1 Å². The molecule has 1 aromatic heterocycles. The van der Waals surface area contributed by atoms with Crippen LogP contribution in [0.4, 0.5) is 5.69 Å². The van der Waals surface area contributed by atoms with Crippen LogP contribution in [0.3, 0.4) is 0 Å². The van der Waals surface area contributed by atoms with E-state index in [1.165, 1.54) is 6.26 Å². The first-order valence-electron chi connectivity index (χ1n) is 7.16. The Morgan fingerprint density at radius 1 is 1.30 bits per heavy atom. The van der Waals surface area contributed by atoms with Crippen molar-refractivity contribution in [3.8, 4) is 0 Å². The average molecular weight is 312 g/mol. The lowest BCUT2D eigenvalue weighted by Gasteiger charge is -2.06. The first-order chi connectivity index (χ1) is 11.0. The highest BCUT2D eigenvalue weighted by molar-refractivity contribution is 6.02. The van der Waals surface area contributed by atoms with Crippen LogP contribution in [0.15, 0.2) is 64.2 Å². The molecule has 0 unspecified atom stereocenters. The monoisotopic (exact) mass is 312 g/mol. The average Bonchev–Trinajstić information content (AvgIpc) is 3.07. The van der Waals surface area contributed by atoms with Crippen molar-refractivity contribution in [2.24, 2.45) is 10.7 Å². The molecule has 1 amide bonds. The van der Waals surface area contributed by atoms with Crippen LogP contribution in [0.2, 0.25) is 0 Å². The van der Waals surface area contributed by atoms with Gasteiger partial charge in [0.25, 0.3) is 5.91 Å². The molecule has 1 heterocycles. The Kier molecular flexibility index (Phi) is 5.57. The predicted molar refractivity (Wildman–Crippen MR) is 91.2 cm³/mol. The molecule has 0 saturated heterocycles. The Morgan fingerprint density at radius 2 is 2.04 bits per heavy atom. The second-order valence-corrected chi connectivity index (χ2v) is 5.14. The fraction of sp³-hybridized carbons (Fsp3) is 0.176. The molecule has 0 radical (unpaired) electrons. The summed E-state index contributed by atoms with van der Waals surface area (Å²) in [4.78, 5) is 16.1. The van der Waals surface area contributed by atoms with Crippen molar-refractivity contribution in [2.45, 2.75) is 13.5 Å². The first kappa shape index (κ1) is 16.4. The summed E-state index contributed by atoms with van der Waals surface area (Å²) in [6.45, 7) is 6.76. The third kappa shape index (κ3) is 5.35. The van der Waals surface area contributed by atoms with E-state index in [-0.39, 0.29) is 11.7 Å². The molecule has 0 aliphatic carbocycles. The minimum Gasteiger partial charge on any atom is -0.459 e. The topological polar surface area (TPSA) is 92.6 Å². The van der Waals surface area contributed by atoms with Crippen LogP contribution in [0, 0.1) is 0 Å². The highest BCUT2D eigenvalue weighted by Gasteiger charge is 2.08. The summed E-state index contributed by atoms with van der Waals surface area (Å²) >= 11 is 0. The number of benzene rings is 1. The quantitative estimate of drug-likeness (QED) is 0.434. The molecular formula is C17H20N4O2. The maximum Gasteiger partial charge on any atom is 0.291 e. The summed E-state index contributed by atoms with van der Waals surface area (Å²) in [5.41, 5.74) is 8.41. The van der Waals surface area contributed by atoms with Gasteiger partial charge in [-0.25, -0.2) is 4.99 Å². The van der Waals surface area contributed by atoms with E-state index in [4.69, 9.17) is 10.2 Å². The number of nitrogens with two attached hydrogens (primary N) is 1. The smallest absolute Gasteiger partial charge is 0.291 e. The Labute approximate surface area is 135 Å². The summed E-state index contributed by atoms with van der Waals surface area (Å²) in [5.74, 6) is 0.368. The zero-order valence-corrected chi connectivity index (χ0v) is 13.0. The number of aliphatic imine (C=N–C) groups is 1. The summed E-state index contributed by atoms with van der Waals surface area (Å²) in [5, 5.41) is 5.72. The predicted octanol–water partition coefficient (Wildman–Crippen LogP) is 2.51. The third-order valence-electron chi connectivity index (χ3n) is 2.96. The Bertz CT molecular complexity index is 688. The van der Waals surface area contributed by atoms with E-state index in [1.807, 2.05) is 31.2 Å². The van der Waals surface area contributed by atoms with E-state index in [0.29, 0.717) is 24.7 Å². The van der Waals surface area contributed by atoms with Gasteiger partial charge in [0.1, 0.15) is 0 Å². The molecule has 6 nitrogen and oxygen atoms in total. The van der Waals surface area contributed by atoms with E-state index in [9.17, 15) is 4.79 Å². The molecule has 2 rings (SSSR count). The normalized spacial score (nSPS) is 11.1. The zero-order chi connectivity index (χ0) is 16.7. The van der Waals surface area contributed by atoms with Crippen LogP contribution in [0.5, 0.6) is 0 Å². The molecule has 0 aliphatic rings. The van der Waals surface area contributed by atoms with E-state index < -0.39 is 0 Å². The lowest BCUT2D eigenvalue weighted by atomic mass is 10.2. The number of carbonyl (C=O) groups excluding carboxylic acids is 1. The van der Waals surface area contributed by atoms with Gasteiger partial charge < -0.3 is 20.8 Å². The molecule has 0 aliphatic heterocycles. The zero-order valence-electron chi connectivity index (χ0n) is 13.0. The van der Waals surface area contributed by atoms with Crippen molar-refractivity contribution in [2.75, 3.05) is 11.9 Å². The van der Waals surface area contributed by atoms with Crippen LogP contribution < -0.4 is 16.4 Å². The van der Waals surface area contributed by atoms with Gasteiger partial charge in [0.05, 0.1) is 12.8 Å². The van der Waals surface area contributed by atoms with Gasteiger partial charge in [0, 0.05) is 12.2 Å². The summed E-state index contributed by atoms with van der Waals surface area (Å²) in [6, 6.07) is 10.7. The number of rotatable bonds is 6. The van der Waals surface area contributed by atoms with E-state index in [1.54, 1.807) is 12.1 Å². The minimum absolute atomic E-state index is 0.273. The van der Waals surface area contributed by atoms with Crippen LogP contribution in [-0.2, 0) is 6.54 Å². The van der Waals surface area contributed by atoms with Crippen molar-refractivity contribution < 1.29 is 9.21 Å². The second kappa shape index (κ2) is 7.84. The maximum absolute atomic E-state index is 11.8. The minimum atomic E-state index is -0.283. The molecule has 0 atom stereocenters. The number of anilines is 1. The highest BCUT2D eigenvalue weighted by Crippen LogP contribution is 2.12. The summed E-state index contributed by atoms with van der Waals surface area (Å²) in [7, 11) is 0. The molecule has 0 saturated carbocycles. The van der Waals surface area contributed by atoms with Crippen LogP contribution in [0.25, 0.3) is 0 Å². The number of furan rings is 1. The van der Waals surface area contributed by atoms with Gasteiger partial charge in [-0.15, -0.1) is 0 Å². The van der Waals surface area contributed by atoms with Gasteiger partial charge in [-0.3, -0.25) is 4.79 Å². The maximum atomic E-state index is 11.8. The summed E-state index contributed by atoms with van der Waals surface area (Å²) in [6.07, 6.45) is 1.46. The molecular weight excluding hydrogens is 292 g/mol. The highest BCUT2D eigenvalue weighted by atomic mass is 16.3. The van der Waals surface area contributed by atoms with Crippen molar-refractivity contribution in [3.63, 3.8) is 0 Å². The fourth-order valence-electron chi connectivity index (χ4n) is 1.77. The van der Waals surface area contributed by atoms with E-state index in [0.717, 1.165) is 11.1 Å². The van der Waals surface area contributed by atoms with Gasteiger partial charge in [-0.05, 0) is 36.8 Å². The Morgan fingerprint density at radius 3 is 2.65 bits per heavy atom. The molecule has 120 valence electrons. The molecule has 2 aromatic rings. The largest absolute Gasteiger partial charge is 0.459 e. The van der Waals surface area contributed by atoms with E-state index in [2.05, 4.69) is 22.2 Å². The second-order valence-electron chi connectivity index (χ2n) is 5.14. The number of nitrogens with one attached hydrogen (secondary N) is 2. The standard InChI is InChI=1S/C17H20N4O2/c1-12(2)10-19-17(18)20-11-13-5-7-14(8-6-13)21-16(22)15-4-3-9-23-15/h3-9H,1,10-11H2,2H3,(H,21,22)(H3,18,19,20). The van der Waals surface area contributed by atoms with Crippen LogP contribution in [0.1, 0.15) is 23.0 Å². The van der Waals surface area contributed by atoms with Crippen molar-refractivity contribution in [1.29, 1.82) is 0 Å². The lowest BCUT2D eigenvalue weighted by Crippen LogP contribution is -2.32.